The predicted molar refractivity (Wildman–Crippen MR) is 80.8 cm³/mol. The van der Waals surface area contributed by atoms with E-state index in [1.807, 2.05) is 12.2 Å². The lowest BCUT2D eigenvalue weighted by atomic mass is 10.1. The minimum atomic E-state index is -4.49. The predicted octanol–water partition coefficient (Wildman–Crippen LogP) is 4.07. The van der Waals surface area contributed by atoms with E-state index in [1.165, 1.54) is 0 Å². The molecule has 0 saturated carbocycles. The average molecular weight is 342 g/mol. The Labute approximate surface area is 132 Å². The van der Waals surface area contributed by atoms with E-state index in [0.29, 0.717) is 22.4 Å². The third-order valence-corrected chi connectivity index (χ3v) is 4.82. The monoisotopic (exact) mass is 342 g/mol. The van der Waals surface area contributed by atoms with Crippen LogP contribution >= 0.6 is 0 Å². The van der Waals surface area contributed by atoms with E-state index in [1.54, 1.807) is 6.92 Å². The van der Waals surface area contributed by atoms with E-state index in [-0.39, 0.29) is 17.1 Å². The maximum Gasteiger partial charge on any atom is 0.417 e. The fourth-order valence-electron chi connectivity index (χ4n) is 2.31. The summed E-state index contributed by atoms with van der Waals surface area (Å²) in [4.78, 5) is 8.40. The molecular weight excluding hydrogens is 329 g/mol. The highest BCUT2D eigenvalue weighted by atomic mass is 32.2. The number of aromatic nitrogens is 2. The van der Waals surface area contributed by atoms with Gasteiger partial charge in [-0.1, -0.05) is 19.1 Å². The molecule has 0 fully saturated rings. The molecule has 1 aliphatic carbocycles. The Balaban J connectivity index is 2.05. The summed E-state index contributed by atoms with van der Waals surface area (Å²) < 4.78 is 55.8. The molecule has 0 aliphatic heterocycles. The van der Waals surface area contributed by atoms with Crippen LogP contribution in [0.3, 0.4) is 0 Å². The second-order valence-electron chi connectivity index (χ2n) is 4.96. The Morgan fingerprint density at radius 3 is 2.74 bits per heavy atom. The quantitative estimate of drug-likeness (QED) is 0.844. The molecule has 0 saturated heterocycles. The van der Waals surface area contributed by atoms with Gasteiger partial charge in [-0.3, -0.25) is 4.21 Å². The van der Waals surface area contributed by atoms with E-state index in [0.717, 1.165) is 18.9 Å². The second kappa shape index (κ2) is 5.92. The van der Waals surface area contributed by atoms with Crippen LogP contribution in [-0.4, -0.2) is 19.9 Å². The molecule has 0 aromatic carbocycles. The molecule has 0 spiro atoms. The number of allylic oxidation sites excluding steroid dienone is 3. The normalized spacial score (nSPS) is 17.0. The first-order valence-electron chi connectivity index (χ1n) is 7.03. The van der Waals surface area contributed by atoms with Gasteiger partial charge in [0.1, 0.15) is 5.52 Å². The van der Waals surface area contributed by atoms with Crippen molar-refractivity contribution in [3.63, 3.8) is 0 Å². The molecule has 1 unspecified atom stereocenters. The zero-order chi connectivity index (χ0) is 16.6. The van der Waals surface area contributed by atoms with Gasteiger partial charge >= 0.3 is 6.18 Å². The van der Waals surface area contributed by atoms with Crippen molar-refractivity contribution in [1.29, 1.82) is 0 Å². The molecule has 2 aromatic rings. The van der Waals surface area contributed by atoms with Crippen LogP contribution in [0.4, 0.5) is 13.2 Å². The Kier molecular flexibility index (Phi) is 4.09. The molecular formula is C15H13F3N2O2S. The second-order valence-corrected chi connectivity index (χ2v) is 6.67. The number of hydrogen-bond donors (Lipinski definition) is 0. The molecule has 23 heavy (non-hydrogen) atoms. The van der Waals surface area contributed by atoms with Gasteiger partial charge in [-0.05, 0) is 18.9 Å². The molecule has 4 nitrogen and oxygen atoms in total. The first-order valence-corrected chi connectivity index (χ1v) is 8.35. The van der Waals surface area contributed by atoms with Gasteiger partial charge in [0.2, 0.25) is 11.6 Å². The molecule has 122 valence electrons. The first-order chi connectivity index (χ1) is 10.9. The van der Waals surface area contributed by atoms with Crippen LogP contribution in [0.5, 0.6) is 0 Å². The smallest absolute Gasteiger partial charge is 0.417 e. The fourth-order valence-corrected chi connectivity index (χ4v) is 3.34. The van der Waals surface area contributed by atoms with Gasteiger partial charge in [-0.15, -0.1) is 0 Å². The minimum Gasteiger partial charge on any atom is -0.418 e. The lowest BCUT2D eigenvalue weighted by Crippen LogP contribution is -2.05. The number of hydrogen-bond acceptors (Lipinski definition) is 4. The van der Waals surface area contributed by atoms with Crippen molar-refractivity contribution in [3.8, 4) is 0 Å². The molecule has 8 heteroatoms. The van der Waals surface area contributed by atoms with Gasteiger partial charge in [-0.2, -0.15) is 13.2 Å². The molecule has 3 rings (SSSR count). The van der Waals surface area contributed by atoms with Crippen molar-refractivity contribution >= 4 is 27.6 Å². The standard InChI is InChI=1S/C15H13F3N2O2S/c1-2-23(21)12-6-4-3-5-10(12)13-20-11-7-9(15(16,17)18)8-19-14(11)22-13/h5-8H,2-4H2,1H3. The van der Waals surface area contributed by atoms with Crippen molar-refractivity contribution in [2.75, 3.05) is 5.75 Å². The number of oxazole rings is 1. The Hall–Kier alpha value is -1.96. The minimum absolute atomic E-state index is 0.0288. The van der Waals surface area contributed by atoms with Gasteiger partial charge in [0.15, 0.2) is 0 Å². The summed E-state index contributed by atoms with van der Waals surface area (Å²) in [6.45, 7) is 1.80. The SMILES string of the molecule is CCS(=O)C1=CCCC=C1c1nc2cc(C(F)(F)F)cnc2o1. The van der Waals surface area contributed by atoms with E-state index in [9.17, 15) is 17.4 Å². The van der Waals surface area contributed by atoms with Crippen molar-refractivity contribution < 1.29 is 21.8 Å². The van der Waals surface area contributed by atoms with E-state index < -0.39 is 22.5 Å². The summed E-state index contributed by atoms with van der Waals surface area (Å²) >= 11 is 0. The van der Waals surface area contributed by atoms with Crippen molar-refractivity contribution in [1.82, 2.24) is 9.97 Å². The van der Waals surface area contributed by atoms with Crippen LogP contribution in [0.2, 0.25) is 0 Å². The lowest BCUT2D eigenvalue weighted by molar-refractivity contribution is -0.137. The summed E-state index contributed by atoms with van der Waals surface area (Å²) in [5.74, 6) is 0.597. The number of rotatable bonds is 3. The zero-order valence-electron chi connectivity index (χ0n) is 12.2. The van der Waals surface area contributed by atoms with E-state index >= 15 is 0 Å². The van der Waals surface area contributed by atoms with Crippen molar-refractivity contribution in [3.05, 3.63) is 40.8 Å². The van der Waals surface area contributed by atoms with Crippen LogP contribution in [0.25, 0.3) is 16.8 Å². The van der Waals surface area contributed by atoms with Gasteiger partial charge in [0.05, 0.1) is 16.4 Å². The fraction of sp³-hybridized carbons (Fsp3) is 0.333. The van der Waals surface area contributed by atoms with E-state index in [4.69, 9.17) is 4.42 Å². The summed E-state index contributed by atoms with van der Waals surface area (Å²) in [6.07, 6.45) is 1.43. The topological polar surface area (TPSA) is 56.0 Å². The number of halogens is 3. The Morgan fingerprint density at radius 2 is 2.04 bits per heavy atom. The van der Waals surface area contributed by atoms with Crippen molar-refractivity contribution in [2.45, 2.75) is 25.9 Å². The highest BCUT2D eigenvalue weighted by molar-refractivity contribution is 7.89. The third kappa shape index (κ3) is 3.08. The van der Waals surface area contributed by atoms with Gasteiger partial charge in [0, 0.05) is 22.4 Å². The largest absolute Gasteiger partial charge is 0.418 e. The lowest BCUT2D eigenvalue weighted by Gasteiger charge is -2.12. The molecule has 1 aliphatic rings. The summed E-state index contributed by atoms with van der Waals surface area (Å²) in [5.41, 5.74) is -0.248. The summed E-state index contributed by atoms with van der Waals surface area (Å²) in [5, 5.41) is 0. The number of alkyl halides is 3. The molecule has 0 N–H and O–H groups in total. The van der Waals surface area contributed by atoms with Crippen molar-refractivity contribution in [2.24, 2.45) is 0 Å². The summed E-state index contributed by atoms with van der Waals surface area (Å²) in [7, 11) is -1.19. The summed E-state index contributed by atoms with van der Waals surface area (Å²) in [6, 6.07) is 0.902. The number of fused-ring (bicyclic) bond motifs is 1. The van der Waals surface area contributed by atoms with E-state index in [2.05, 4.69) is 9.97 Å². The Bertz CT molecular complexity index is 837. The van der Waals surface area contributed by atoms with Gasteiger partial charge in [0.25, 0.3) is 0 Å². The maximum atomic E-state index is 12.7. The van der Waals surface area contributed by atoms with Crippen LogP contribution in [-0.2, 0) is 17.0 Å². The first kappa shape index (κ1) is 15.9. The maximum absolute atomic E-state index is 12.7. The number of nitrogens with zero attached hydrogens (tertiary/aromatic N) is 2. The Morgan fingerprint density at radius 1 is 1.30 bits per heavy atom. The molecule has 0 bridgehead atoms. The highest BCUT2D eigenvalue weighted by Crippen LogP contribution is 2.34. The van der Waals surface area contributed by atoms with Gasteiger partial charge < -0.3 is 4.42 Å². The molecule has 0 radical (unpaired) electrons. The molecule has 2 heterocycles. The molecule has 1 atom stereocenters. The van der Waals surface area contributed by atoms with Crippen LogP contribution < -0.4 is 0 Å². The van der Waals surface area contributed by atoms with Gasteiger partial charge in [-0.25, -0.2) is 9.97 Å². The zero-order valence-corrected chi connectivity index (χ0v) is 13.0. The van der Waals surface area contributed by atoms with Crippen LogP contribution in [0.15, 0.2) is 33.7 Å². The van der Waals surface area contributed by atoms with Crippen LogP contribution in [0, 0.1) is 0 Å². The molecule has 2 aromatic heterocycles. The average Bonchev–Trinajstić information content (AvgIpc) is 2.96. The molecule has 0 amide bonds. The highest BCUT2D eigenvalue weighted by Gasteiger charge is 2.32. The third-order valence-electron chi connectivity index (χ3n) is 3.42. The number of pyridine rings is 1. The van der Waals surface area contributed by atoms with Crippen LogP contribution in [0.1, 0.15) is 31.2 Å².